The van der Waals surface area contributed by atoms with E-state index in [1.165, 1.54) is 23.1 Å². The maximum Gasteiger partial charge on any atom is 0.410 e. The molecule has 0 aliphatic carbocycles. The predicted octanol–water partition coefficient (Wildman–Crippen LogP) is 7.47. The average Bonchev–Trinajstić information content (AvgIpc) is 3.38. The summed E-state index contributed by atoms with van der Waals surface area (Å²) in [6.07, 6.45) is -0.190. The van der Waals surface area contributed by atoms with E-state index in [2.05, 4.69) is 5.32 Å². The minimum atomic E-state index is -1.35. The number of carbonyl (C=O) groups excluding carboxylic acids is 2. The Kier molecular flexibility index (Phi) is 7.51. The molecule has 1 fully saturated rings. The molecular weight excluding hydrogens is 570 g/mol. The van der Waals surface area contributed by atoms with Crippen LogP contribution in [-0.4, -0.2) is 34.5 Å². The van der Waals surface area contributed by atoms with Gasteiger partial charge in [-0.2, -0.15) is 0 Å². The molecule has 1 saturated heterocycles. The van der Waals surface area contributed by atoms with Gasteiger partial charge in [0.15, 0.2) is 0 Å². The summed E-state index contributed by atoms with van der Waals surface area (Å²) in [5, 5.41) is 12.4. The lowest BCUT2D eigenvalue weighted by molar-refractivity contribution is -0.123. The number of carboxylic acids is 1. The van der Waals surface area contributed by atoms with Crippen LogP contribution in [0.3, 0.4) is 0 Å². The smallest absolute Gasteiger partial charge is 0.410 e. The van der Waals surface area contributed by atoms with Crippen molar-refractivity contribution < 1.29 is 28.6 Å². The Morgan fingerprint density at radius 3 is 2.49 bits per heavy atom. The Hall–Kier alpha value is -3.62. The van der Waals surface area contributed by atoms with E-state index in [-0.39, 0.29) is 40.6 Å². The van der Waals surface area contributed by atoms with Gasteiger partial charge in [0.25, 0.3) is 0 Å². The van der Waals surface area contributed by atoms with Gasteiger partial charge in [-0.05, 0) is 59.2 Å². The molecule has 7 nitrogen and oxygen atoms in total. The number of likely N-dealkylation sites (tertiary alicyclic amines) is 1. The van der Waals surface area contributed by atoms with Crippen molar-refractivity contribution in [2.45, 2.75) is 45.3 Å². The van der Waals surface area contributed by atoms with Crippen LogP contribution in [0.1, 0.15) is 60.3 Å². The fourth-order valence-electron chi connectivity index (χ4n) is 6.22. The third-order valence-electron chi connectivity index (χ3n) is 7.79. The predicted molar refractivity (Wildman–Crippen MR) is 154 cm³/mol. The van der Waals surface area contributed by atoms with E-state index < -0.39 is 35.3 Å². The number of ether oxygens (including phenoxy) is 1. The van der Waals surface area contributed by atoms with Crippen molar-refractivity contribution in [2.24, 2.45) is 11.3 Å². The maximum atomic E-state index is 15.8. The zero-order valence-electron chi connectivity index (χ0n) is 22.7. The largest absolute Gasteiger partial charge is 0.478 e. The summed E-state index contributed by atoms with van der Waals surface area (Å²) in [4.78, 5) is 40.5. The van der Waals surface area contributed by atoms with Gasteiger partial charge in [0.1, 0.15) is 17.8 Å². The van der Waals surface area contributed by atoms with Gasteiger partial charge in [0.05, 0.1) is 16.6 Å². The topological polar surface area (TPSA) is 95.9 Å². The van der Waals surface area contributed by atoms with Crippen LogP contribution in [0.25, 0.3) is 0 Å². The van der Waals surface area contributed by atoms with Crippen molar-refractivity contribution in [1.29, 1.82) is 0 Å². The van der Waals surface area contributed by atoms with Gasteiger partial charge in [0.2, 0.25) is 5.91 Å². The number of nitrogens with zero attached hydrogens (tertiary/aromatic N) is 1. The Labute approximate surface area is 247 Å². The van der Waals surface area contributed by atoms with Crippen LogP contribution in [0.2, 0.25) is 10.0 Å². The van der Waals surface area contributed by atoms with E-state index in [0.717, 1.165) is 0 Å². The fourth-order valence-corrected chi connectivity index (χ4v) is 6.58. The van der Waals surface area contributed by atoms with Crippen molar-refractivity contribution >= 4 is 46.9 Å². The molecule has 3 aromatic rings. The lowest BCUT2D eigenvalue weighted by atomic mass is 9.63. The van der Waals surface area contributed by atoms with Crippen LogP contribution in [0.4, 0.5) is 14.9 Å². The zero-order valence-corrected chi connectivity index (χ0v) is 24.2. The molecule has 2 N–H and O–H groups in total. The lowest BCUT2D eigenvalue weighted by Gasteiger charge is -2.38. The number of nitrogens with one attached hydrogen (secondary N) is 1. The first-order valence-corrected chi connectivity index (χ1v) is 13.9. The van der Waals surface area contributed by atoms with Crippen molar-refractivity contribution in [3.63, 3.8) is 0 Å². The summed E-state index contributed by atoms with van der Waals surface area (Å²) in [6.45, 7) is 6.13. The molecule has 1 unspecified atom stereocenters. The highest BCUT2D eigenvalue weighted by Crippen LogP contribution is 2.60. The Balaban J connectivity index is 1.62. The highest BCUT2D eigenvalue weighted by Gasteiger charge is 2.65. The molecule has 2 amide bonds. The number of fused-ring (bicyclic) bond motifs is 2. The quantitative estimate of drug-likeness (QED) is 0.317. The van der Waals surface area contributed by atoms with Crippen LogP contribution in [0, 0.1) is 17.2 Å². The second kappa shape index (κ2) is 10.7. The summed E-state index contributed by atoms with van der Waals surface area (Å²) in [7, 11) is 0. The summed E-state index contributed by atoms with van der Waals surface area (Å²) in [5.41, 5.74) is 0.348. The summed E-state index contributed by atoms with van der Waals surface area (Å²) in [5.74, 6) is -2.54. The van der Waals surface area contributed by atoms with Crippen molar-refractivity contribution in [2.75, 3.05) is 11.9 Å². The fraction of sp³-hybridized carbons (Fsp3) is 0.323. The third-order valence-corrected chi connectivity index (χ3v) is 8.31. The minimum Gasteiger partial charge on any atom is -0.478 e. The van der Waals surface area contributed by atoms with E-state index >= 15 is 4.39 Å². The standard InChI is InChI=1S/C31H29Cl2FN2O5/c1-30(2,3)14-19-15-36(29(40)41-16-17-7-9-18(10-8-17)27(37)38)26(21-5-4-6-23(33)25(21)34)31(19)22-12-11-20(32)13-24(22)35-28(31)39/h4-13,19,26H,14-16H2,1-3H3,(H,35,39)(H,37,38)/t19-,26-,31?/m1/s1. The normalized spacial score (nSPS) is 21.6. The number of rotatable bonds is 5. The molecule has 0 aromatic heterocycles. The van der Waals surface area contributed by atoms with Gasteiger partial charge in [-0.1, -0.05) is 74.3 Å². The molecule has 2 aliphatic rings. The molecule has 3 aromatic carbocycles. The molecule has 3 atom stereocenters. The average molecular weight is 599 g/mol. The van der Waals surface area contributed by atoms with Crippen LogP contribution in [0.15, 0.2) is 60.7 Å². The Morgan fingerprint density at radius 2 is 1.83 bits per heavy atom. The molecule has 1 spiro atoms. The number of carboxylic acid groups (broad SMARTS) is 1. The van der Waals surface area contributed by atoms with Crippen LogP contribution >= 0.6 is 23.2 Å². The second-order valence-electron chi connectivity index (χ2n) is 11.7. The van der Waals surface area contributed by atoms with Crippen LogP contribution in [0.5, 0.6) is 0 Å². The van der Waals surface area contributed by atoms with Crippen molar-refractivity contribution in [3.05, 3.63) is 98.8 Å². The van der Waals surface area contributed by atoms with E-state index in [1.54, 1.807) is 42.5 Å². The van der Waals surface area contributed by atoms with E-state index in [1.807, 2.05) is 20.8 Å². The molecule has 10 heteroatoms. The summed E-state index contributed by atoms with van der Waals surface area (Å²) < 4.78 is 21.5. The van der Waals surface area contributed by atoms with E-state index in [4.69, 9.17) is 33.0 Å². The number of amides is 2. The van der Waals surface area contributed by atoms with Crippen LogP contribution in [-0.2, 0) is 21.6 Å². The molecule has 2 aliphatic heterocycles. The van der Waals surface area contributed by atoms with Gasteiger partial charge in [-0.3, -0.25) is 9.69 Å². The summed E-state index contributed by atoms with van der Waals surface area (Å²) >= 11 is 12.5. The molecule has 41 heavy (non-hydrogen) atoms. The molecular formula is C31H29Cl2FN2O5. The number of benzene rings is 3. The molecule has 0 radical (unpaired) electrons. The number of anilines is 1. The molecule has 214 valence electrons. The minimum absolute atomic E-state index is 0.106. The lowest BCUT2D eigenvalue weighted by Crippen LogP contribution is -2.46. The molecule has 5 rings (SSSR count). The number of carbonyl (C=O) groups is 3. The number of aromatic carboxylic acids is 1. The molecule has 0 bridgehead atoms. The van der Waals surface area contributed by atoms with Crippen molar-refractivity contribution in [3.8, 4) is 0 Å². The highest BCUT2D eigenvalue weighted by atomic mass is 35.5. The highest BCUT2D eigenvalue weighted by molar-refractivity contribution is 6.31. The Bertz CT molecular complexity index is 1540. The van der Waals surface area contributed by atoms with Gasteiger partial charge in [-0.15, -0.1) is 0 Å². The van der Waals surface area contributed by atoms with Crippen molar-refractivity contribution in [1.82, 2.24) is 4.90 Å². The third kappa shape index (κ3) is 5.15. The first-order chi connectivity index (χ1) is 19.3. The first kappa shape index (κ1) is 28.9. The number of hydrogen-bond acceptors (Lipinski definition) is 4. The van der Waals surface area contributed by atoms with Gasteiger partial charge < -0.3 is 15.2 Å². The summed E-state index contributed by atoms with van der Waals surface area (Å²) in [6, 6.07) is 14.5. The van der Waals surface area contributed by atoms with E-state index in [0.29, 0.717) is 28.3 Å². The molecule has 2 heterocycles. The van der Waals surface area contributed by atoms with Crippen LogP contribution < -0.4 is 5.32 Å². The SMILES string of the molecule is CC(C)(C)C[C@@H]1CN(C(=O)OCc2ccc(C(=O)O)cc2)[C@H](c2cccc(Cl)c2F)C12C(=O)Nc1cc(Cl)ccc12. The maximum absolute atomic E-state index is 15.8. The van der Waals surface area contributed by atoms with Gasteiger partial charge in [-0.25, -0.2) is 14.0 Å². The first-order valence-electron chi connectivity index (χ1n) is 13.1. The van der Waals surface area contributed by atoms with Gasteiger partial charge >= 0.3 is 12.1 Å². The Morgan fingerprint density at radius 1 is 1.12 bits per heavy atom. The second-order valence-corrected chi connectivity index (χ2v) is 12.6. The van der Waals surface area contributed by atoms with Gasteiger partial charge in [0, 0.05) is 22.8 Å². The number of hydrogen-bond donors (Lipinski definition) is 2. The number of halogens is 3. The molecule has 0 saturated carbocycles. The van der Waals surface area contributed by atoms with E-state index in [9.17, 15) is 14.4 Å². The zero-order chi connectivity index (χ0) is 29.7. The monoisotopic (exact) mass is 598 g/mol.